The predicted molar refractivity (Wildman–Crippen MR) is 126 cm³/mol. The van der Waals surface area contributed by atoms with Gasteiger partial charge in [-0.3, -0.25) is 14.3 Å². The van der Waals surface area contributed by atoms with Gasteiger partial charge in [0, 0.05) is 44.0 Å². The Labute approximate surface area is 193 Å². The fourth-order valence-electron chi connectivity index (χ4n) is 5.01. The quantitative estimate of drug-likeness (QED) is 0.627. The molecule has 4 rings (SSSR count). The normalized spacial score (nSPS) is 19.1. The number of para-hydroxylation sites is 1. The van der Waals surface area contributed by atoms with Crippen LogP contribution in [0.3, 0.4) is 0 Å². The highest BCUT2D eigenvalue weighted by Gasteiger charge is 2.32. The molecule has 2 saturated heterocycles. The highest BCUT2D eigenvalue weighted by Crippen LogP contribution is 2.33. The maximum atomic E-state index is 14.2. The summed E-state index contributed by atoms with van der Waals surface area (Å²) in [4.78, 5) is 21.7. The topological polar surface area (TPSA) is 98.3 Å². The van der Waals surface area contributed by atoms with E-state index in [0.717, 1.165) is 49.9 Å². The molecule has 2 aliphatic rings. The fraction of sp³-hybridized carbons (Fsp3) is 0.500. The van der Waals surface area contributed by atoms with E-state index in [9.17, 15) is 9.18 Å². The van der Waals surface area contributed by atoms with Crippen molar-refractivity contribution in [1.29, 1.82) is 10.8 Å². The molecular weight excluding hydrogens is 423 g/mol. The van der Waals surface area contributed by atoms with Crippen molar-refractivity contribution in [2.45, 2.75) is 31.7 Å². The number of nitrogens with zero attached hydrogens (tertiary/aromatic N) is 4. The molecule has 3 heterocycles. The second kappa shape index (κ2) is 10.2. The van der Waals surface area contributed by atoms with Crippen LogP contribution in [-0.4, -0.2) is 77.5 Å². The number of halogens is 1. The smallest absolute Gasteiger partial charge is 0.297 e. The number of amides is 1. The molecule has 0 bridgehead atoms. The fourth-order valence-corrected chi connectivity index (χ4v) is 5.01. The summed E-state index contributed by atoms with van der Waals surface area (Å²) < 4.78 is 21.6. The first-order chi connectivity index (χ1) is 16.0. The Balaban J connectivity index is 1.35. The van der Waals surface area contributed by atoms with E-state index in [1.807, 2.05) is 15.5 Å². The van der Waals surface area contributed by atoms with E-state index in [2.05, 4.69) is 9.88 Å². The number of hydrogen-bond donors (Lipinski definition) is 2. The minimum atomic E-state index is -0.357. The molecule has 0 spiro atoms. The van der Waals surface area contributed by atoms with E-state index in [1.54, 1.807) is 19.3 Å². The lowest BCUT2D eigenvalue weighted by Crippen LogP contribution is -2.46. The Morgan fingerprint density at radius 1 is 1.18 bits per heavy atom. The van der Waals surface area contributed by atoms with Crippen LogP contribution in [0.2, 0.25) is 0 Å². The second-order valence-corrected chi connectivity index (χ2v) is 8.74. The lowest BCUT2D eigenvalue weighted by atomic mass is 9.93. The summed E-state index contributed by atoms with van der Waals surface area (Å²) in [5, 5.41) is 14.6. The van der Waals surface area contributed by atoms with Crippen molar-refractivity contribution in [2.75, 3.05) is 39.8 Å². The van der Waals surface area contributed by atoms with E-state index >= 15 is 0 Å². The van der Waals surface area contributed by atoms with Crippen molar-refractivity contribution >= 4 is 29.4 Å². The molecule has 0 saturated carbocycles. The number of piperidine rings is 2. The number of hydrogen-bond acceptors (Lipinski definition) is 6. The van der Waals surface area contributed by atoms with Crippen molar-refractivity contribution in [2.24, 2.45) is 5.92 Å². The van der Waals surface area contributed by atoms with Gasteiger partial charge >= 0.3 is 0 Å². The van der Waals surface area contributed by atoms with Crippen LogP contribution in [0.5, 0.6) is 6.01 Å². The van der Waals surface area contributed by atoms with Crippen LogP contribution in [0.25, 0.3) is 11.0 Å². The van der Waals surface area contributed by atoms with Gasteiger partial charge in [-0.2, -0.15) is 4.98 Å². The van der Waals surface area contributed by atoms with Gasteiger partial charge in [-0.15, -0.1) is 0 Å². The summed E-state index contributed by atoms with van der Waals surface area (Å²) in [5.41, 5.74) is 1.85. The van der Waals surface area contributed by atoms with E-state index in [-0.39, 0.29) is 23.7 Å². The standard InChI is InChI=1S/C24H31FN6O2/c1-33-24-28-22-20(25)3-2-4-21(22)31(24)19-8-13-30(14-9-19)23(32)18-6-11-29(12-7-18)16-17(15-27)5-10-26/h2-5,10,15,18-19,26-27H,6-9,11-14,16H2,1H3/b17-5+,26-10?,27-15?. The molecule has 2 N–H and O–H groups in total. The summed E-state index contributed by atoms with van der Waals surface area (Å²) in [5.74, 6) is -0.0980. The number of rotatable bonds is 7. The van der Waals surface area contributed by atoms with Gasteiger partial charge in [0.15, 0.2) is 5.82 Å². The Hall–Kier alpha value is -3.07. The molecule has 0 atom stereocenters. The van der Waals surface area contributed by atoms with Crippen LogP contribution in [0.15, 0.2) is 29.8 Å². The molecule has 33 heavy (non-hydrogen) atoms. The first-order valence-corrected chi connectivity index (χ1v) is 11.5. The highest BCUT2D eigenvalue weighted by molar-refractivity contribution is 5.84. The molecule has 2 fully saturated rings. The minimum Gasteiger partial charge on any atom is -0.468 e. The molecule has 1 amide bonds. The Bertz CT molecular complexity index is 1050. The van der Waals surface area contributed by atoms with Crippen LogP contribution in [0, 0.1) is 22.6 Å². The van der Waals surface area contributed by atoms with Gasteiger partial charge in [0.2, 0.25) is 5.91 Å². The third-order valence-electron chi connectivity index (χ3n) is 6.79. The molecule has 0 aliphatic carbocycles. The second-order valence-electron chi connectivity index (χ2n) is 8.74. The van der Waals surface area contributed by atoms with Gasteiger partial charge in [0.1, 0.15) is 5.52 Å². The Morgan fingerprint density at radius 3 is 2.55 bits per heavy atom. The van der Waals surface area contributed by atoms with Gasteiger partial charge in [-0.05, 0) is 62.6 Å². The lowest BCUT2D eigenvalue weighted by Gasteiger charge is -2.37. The molecule has 176 valence electrons. The summed E-state index contributed by atoms with van der Waals surface area (Å²) >= 11 is 0. The molecule has 1 aromatic carbocycles. The number of aromatic nitrogens is 2. The van der Waals surface area contributed by atoms with Crippen molar-refractivity contribution in [1.82, 2.24) is 19.4 Å². The number of carbonyl (C=O) groups is 1. The highest BCUT2D eigenvalue weighted by atomic mass is 19.1. The largest absolute Gasteiger partial charge is 0.468 e. The number of ether oxygens (including phenoxy) is 1. The van der Waals surface area contributed by atoms with Gasteiger partial charge in [0.05, 0.1) is 12.6 Å². The number of likely N-dealkylation sites (tertiary alicyclic amines) is 2. The molecule has 2 aromatic rings. The summed E-state index contributed by atoms with van der Waals surface area (Å²) in [6, 6.07) is 5.47. The van der Waals surface area contributed by atoms with Gasteiger partial charge in [-0.25, -0.2) is 4.39 Å². The van der Waals surface area contributed by atoms with Crippen molar-refractivity contribution in [3.8, 4) is 6.01 Å². The third kappa shape index (κ3) is 4.83. The number of methoxy groups -OCH3 is 1. The first kappa shape index (κ1) is 23.1. The first-order valence-electron chi connectivity index (χ1n) is 11.5. The summed E-state index contributed by atoms with van der Waals surface area (Å²) in [7, 11) is 1.55. The number of imidazole rings is 1. The summed E-state index contributed by atoms with van der Waals surface area (Å²) in [6.45, 7) is 3.62. The third-order valence-corrected chi connectivity index (χ3v) is 6.79. The molecular formula is C24H31FN6O2. The van der Waals surface area contributed by atoms with E-state index < -0.39 is 0 Å². The van der Waals surface area contributed by atoms with Crippen LogP contribution >= 0.6 is 0 Å². The number of nitrogens with one attached hydrogen (secondary N) is 2. The molecule has 9 heteroatoms. The van der Waals surface area contributed by atoms with Gasteiger partial charge in [-0.1, -0.05) is 6.07 Å². The zero-order valence-corrected chi connectivity index (χ0v) is 19.0. The number of benzene rings is 1. The van der Waals surface area contributed by atoms with E-state index in [0.29, 0.717) is 31.2 Å². The number of carbonyl (C=O) groups excluding carboxylic acids is 1. The lowest BCUT2D eigenvalue weighted by molar-refractivity contribution is -0.138. The molecule has 2 aliphatic heterocycles. The number of fused-ring (bicyclic) bond motifs is 1. The summed E-state index contributed by atoms with van der Waals surface area (Å²) in [6.07, 6.45) is 7.32. The van der Waals surface area contributed by atoms with Gasteiger partial charge < -0.3 is 20.5 Å². The zero-order valence-electron chi connectivity index (χ0n) is 19.0. The maximum absolute atomic E-state index is 14.2. The zero-order chi connectivity index (χ0) is 23.4. The molecule has 8 nitrogen and oxygen atoms in total. The average molecular weight is 455 g/mol. The van der Waals surface area contributed by atoms with Crippen LogP contribution in [-0.2, 0) is 4.79 Å². The van der Waals surface area contributed by atoms with Crippen LogP contribution < -0.4 is 4.74 Å². The SMILES string of the molecule is COc1nc2c(F)cccc2n1C1CCN(C(=O)C2CCN(C/C(C=N)=C/C=N)CC2)CC1. The van der Waals surface area contributed by atoms with Crippen molar-refractivity contribution < 1.29 is 13.9 Å². The van der Waals surface area contributed by atoms with E-state index in [4.69, 9.17) is 15.6 Å². The predicted octanol–water partition coefficient (Wildman–Crippen LogP) is 3.29. The minimum absolute atomic E-state index is 0.0330. The van der Waals surface area contributed by atoms with Gasteiger partial charge in [0.25, 0.3) is 6.01 Å². The molecule has 0 unspecified atom stereocenters. The van der Waals surface area contributed by atoms with Crippen molar-refractivity contribution in [3.63, 3.8) is 0 Å². The van der Waals surface area contributed by atoms with Crippen molar-refractivity contribution in [3.05, 3.63) is 35.7 Å². The average Bonchev–Trinajstić information content (AvgIpc) is 3.24. The van der Waals surface area contributed by atoms with Crippen LogP contribution in [0.4, 0.5) is 4.39 Å². The Kier molecular flexibility index (Phi) is 7.17. The molecule has 0 radical (unpaired) electrons. The molecule has 1 aromatic heterocycles. The monoisotopic (exact) mass is 454 g/mol. The van der Waals surface area contributed by atoms with E-state index in [1.165, 1.54) is 18.5 Å². The number of allylic oxidation sites excluding steroid dienone is 1. The van der Waals surface area contributed by atoms with Crippen LogP contribution in [0.1, 0.15) is 31.7 Å². The maximum Gasteiger partial charge on any atom is 0.297 e. The Morgan fingerprint density at radius 2 is 1.91 bits per heavy atom.